The Labute approximate surface area is 206 Å². The van der Waals surface area contributed by atoms with Gasteiger partial charge in [-0.3, -0.25) is 9.78 Å². The number of nitrogens with zero attached hydrogens (tertiary/aromatic N) is 2. The molecule has 5 nitrogen and oxygen atoms in total. The fraction of sp³-hybridized carbons (Fsp3) is 0.483. The van der Waals surface area contributed by atoms with E-state index >= 15 is 0 Å². The van der Waals surface area contributed by atoms with Gasteiger partial charge in [0.05, 0.1) is 12.2 Å². The molecule has 1 aromatic heterocycles. The molecule has 0 bridgehead atoms. The molecule has 0 aliphatic heterocycles. The molecule has 2 aromatic rings. The summed E-state index contributed by atoms with van der Waals surface area (Å²) in [5.74, 6) is -0.0845. The molecule has 1 aliphatic rings. The number of carbonyl (C=O) groups excluding carboxylic acids is 2. The summed E-state index contributed by atoms with van der Waals surface area (Å²) < 4.78 is 0. The maximum atomic E-state index is 11.7. The van der Waals surface area contributed by atoms with Crippen LogP contribution in [0.4, 0.5) is 0 Å². The molecule has 0 fully saturated rings. The van der Waals surface area contributed by atoms with Gasteiger partial charge in [0.1, 0.15) is 6.79 Å². The number of nitrogens with two attached hydrogens (primary N) is 1. The second-order valence-corrected chi connectivity index (χ2v) is 9.96. The molecule has 0 saturated heterocycles. The van der Waals surface area contributed by atoms with E-state index < -0.39 is 0 Å². The van der Waals surface area contributed by atoms with Crippen molar-refractivity contribution in [1.82, 2.24) is 9.88 Å². The number of benzene rings is 1. The summed E-state index contributed by atoms with van der Waals surface area (Å²) in [7, 11) is 1.75. The fourth-order valence-corrected chi connectivity index (χ4v) is 4.40. The predicted octanol–water partition coefficient (Wildman–Crippen LogP) is 5.56. The highest BCUT2D eigenvalue weighted by Crippen LogP contribution is 2.47. The van der Waals surface area contributed by atoms with Gasteiger partial charge >= 0.3 is 0 Å². The molecule has 186 valence electrons. The van der Waals surface area contributed by atoms with Crippen LogP contribution >= 0.6 is 0 Å². The summed E-state index contributed by atoms with van der Waals surface area (Å²) in [5.41, 5.74) is 13.9. The van der Waals surface area contributed by atoms with Crippen molar-refractivity contribution in [2.45, 2.75) is 78.7 Å². The molecule has 1 aromatic carbocycles. The van der Waals surface area contributed by atoms with Crippen LogP contribution in [0.1, 0.15) is 87.9 Å². The number of aryl methyl sites for hydroxylation is 1. The maximum Gasteiger partial charge on any atom is 0.236 e. The average molecular weight is 466 g/mol. The van der Waals surface area contributed by atoms with Crippen LogP contribution in [0.5, 0.6) is 0 Å². The van der Waals surface area contributed by atoms with Crippen LogP contribution in [0, 0.1) is 6.92 Å². The van der Waals surface area contributed by atoms with E-state index in [1.165, 1.54) is 29.5 Å². The number of likely N-dealkylation sites (N-methyl/N-ethyl adjacent to an activating group) is 1. The largest absolute Gasteiger partial charge is 0.340 e. The van der Waals surface area contributed by atoms with Crippen LogP contribution in [-0.4, -0.2) is 36.2 Å². The van der Waals surface area contributed by atoms with Crippen LogP contribution in [0.25, 0.3) is 5.57 Å². The summed E-state index contributed by atoms with van der Waals surface area (Å²) in [6, 6.07) is 8.71. The van der Waals surface area contributed by atoms with Crippen LogP contribution in [0.15, 0.2) is 37.0 Å². The summed E-state index contributed by atoms with van der Waals surface area (Å²) in [4.78, 5) is 26.0. The predicted molar refractivity (Wildman–Crippen MR) is 143 cm³/mol. The molecule has 0 atom stereocenters. The van der Waals surface area contributed by atoms with Crippen LogP contribution < -0.4 is 5.73 Å². The van der Waals surface area contributed by atoms with Crippen molar-refractivity contribution in [2.24, 2.45) is 5.73 Å². The molecule has 0 radical (unpaired) electrons. The van der Waals surface area contributed by atoms with Gasteiger partial charge in [-0.05, 0) is 70.5 Å². The van der Waals surface area contributed by atoms with Gasteiger partial charge in [-0.15, -0.1) is 0 Å². The van der Waals surface area contributed by atoms with E-state index in [1.807, 2.05) is 39.0 Å². The Morgan fingerprint density at radius 1 is 1.06 bits per heavy atom. The normalized spacial score (nSPS) is 15.0. The first-order valence-corrected chi connectivity index (χ1v) is 12.0. The zero-order chi connectivity index (χ0) is 26.3. The number of rotatable bonds is 5. The minimum atomic E-state index is -0.0845. The van der Waals surface area contributed by atoms with E-state index in [-0.39, 0.29) is 23.3 Å². The third-order valence-corrected chi connectivity index (χ3v) is 6.68. The Kier molecular flexibility index (Phi) is 10.4. The van der Waals surface area contributed by atoms with Gasteiger partial charge in [0.25, 0.3) is 0 Å². The van der Waals surface area contributed by atoms with Gasteiger partial charge in [0.2, 0.25) is 5.91 Å². The van der Waals surface area contributed by atoms with Gasteiger partial charge in [-0.1, -0.05) is 60.3 Å². The van der Waals surface area contributed by atoms with Gasteiger partial charge < -0.3 is 15.4 Å². The second-order valence-electron chi connectivity index (χ2n) is 9.96. The Morgan fingerprint density at radius 2 is 1.59 bits per heavy atom. The van der Waals surface area contributed by atoms with Gasteiger partial charge in [-0.25, -0.2) is 0 Å². The van der Waals surface area contributed by atoms with E-state index in [1.54, 1.807) is 11.9 Å². The lowest BCUT2D eigenvalue weighted by molar-refractivity contribution is -0.128. The zero-order valence-electron chi connectivity index (χ0n) is 22.4. The number of aromatic nitrogens is 1. The molecule has 34 heavy (non-hydrogen) atoms. The van der Waals surface area contributed by atoms with Crippen molar-refractivity contribution in [1.29, 1.82) is 0 Å². The Balaban J connectivity index is 0.00000137. The molecule has 3 rings (SSSR count). The first-order valence-electron chi connectivity index (χ1n) is 12.0. The smallest absolute Gasteiger partial charge is 0.236 e. The van der Waals surface area contributed by atoms with Crippen molar-refractivity contribution in [2.75, 3.05) is 13.6 Å². The number of hydrogen-bond acceptors (Lipinski definition) is 4. The zero-order valence-corrected chi connectivity index (χ0v) is 22.4. The van der Waals surface area contributed by atoms with E-state index in [4.69, 9.17) is 10.5 Å². The molecule has 0 spiro atoms. The molecular weight excluding hydrogens is 422 g/mol. The molecule has 2 N–H and O–H groups in total. The number of carbonyl (C=O) groups is 2. The number of pyridine rings is 1. The fourth-order valence-electron chi connectivity index (χ4n) is 4.40. The van der Waals surface area contributed by atoms with E-state index in [0.29, 0.717) is 6.54 Å². The van der Waals surface area contributed by atoms with Crippen molar-refractivity contribution < 1.29 is 9.59 Å². The van der Waals surface area contributed by atoms with Crippen molar-refractivity contribution >= 4 is 18.3 Å². The topological polar surface area (TPSA) is 76.3 Å². The molecular formula is C29H43N3O2. The van der Waals surface area contributed by atoms with E-state index in [9.17, 15) is 4.79 Å². The Hall–Kier alpha value is -2.79. The molecule has 1 aliphatic carbocycles. The SMILES string of the molecule is C=C(c1ccc(CN(C)C(=O)CN)cn1)c1cc2c(cc1C)C(C)(C)CCC2(C)C.C=O.CC. The second kappa shape index (κ2) is 12.1. The minimum absolute atomic E-state index is 0.0174. The third kappa shape index (κ3) is 6.41. The highest BCUT2D eigenvalue weighted by molar-refractivity contribution is 5.79. The molecule has 0 saturated carbocycles. The summed E-state index contributed by atoms with van der Waals surface area (Å²) in [6.07, 6.45) is 4.21. The monoisotopic (exact) mass is 465 g/mol. The first-order chi connectivity index (χ1) is 16.0. The Morgan fingerprint density at radius 3 is 2.06 bits per heavy atom. The number of hydrogen-bond donors (Lipinski definition) is 1. The lowest BCUT2D eigenvalue weighted by Crippen LogP contribution is -2.34. The van der Waals surface area contributed by atoms with Gasteiger partial charge in [-0.2, -0.15) is 0 Å². The summed E-state index contributed by atoms with van der Waals surface area (Å²) in [6.45, 7) is 22.4. The van der Waals surface area contributed by atoms with E-state index in [0.717, 1.165) is 22.4 Å². The van der Waals surface area contributed by atoms with Crippen molar-refractivity contribution in [3.63, 3.8) is 0 Å². The lowest BCUT2D eigenvalue weighted by Gasteiger charge is -2.42. The van der Waals surface area contributed by atoms with Crippen molar-refractivity contribution in [3.8, 4) is 0 Å². The molecule has 0 unspecified atom stereocenters. The van der Waals surface area contributed by atoms with Crippen LogP contribution in [-0.2, 0) is 27.0 Å². The summed E-state index contributed by atoms with van der Waals surface area (Å²) >= 11 is 0. The number of amides is 1. The standard InChI is InChI=1S/C26H35N3O.C2H6.CH2O/c1-17-12-21-22(26(5,6)11-10-25(21,3)4)13-20(17)18(2)23-9-8-19(15-28-23)16-29(7)24(30)14-27;2*1-2/h8-9,12-13,15H,2,10-11,14,16,27H2,1,3-7H3;1-2H3;1H2. The van der Waals surface area contributed by atoms with Crippen LogP contribution in [0.2, 0.25) is 0 Å². The lowest BCUT2D eigenvalue weighted by atomic mass is 9.62. The number of fused-ring (bicyclic) bond motifs is 1. The van der Waals surface area contributed by atoms with E-state index in [2.05, 4.69) is 58.3 Å². The first kappa shape index (κ1) is 29.2. The van der Waals surface area contributed by atoms with Crippen LogP contribution in [0.3, 0.4) is 0 Å². The molecule has 1 heterocycles. The highest BCUT2D eigenvalue weighted by Gasteiger charge is 2.37. The van der Waals surface area contributed by atoms with Gasteiger partial charge in [0, 0.05) is 25.4 Å². The minimum Gasteiger partial charge on any atom is -0.340 e. The highest BCUT2D eigenvalue weighted by atomic mass is 16.2. The third-order valence-electron chi connectivity index (χ3n) is 6.68. The maximum absolute atomic E-state index is 11.7. The van der Waals surface area contributed by atoms with Gasteiger partial charge in [0.15, 0.2) is 0 Å². The Bertz CT molecular complexity index is 991. The molecule has 5 heteroatoms. The van der Waals surface area contributed by atoms with Crippen molar-refractivity contribution in [3.05, 3.63) is 70.6 Å². The quantitative estimate of drug-likeness (QED) is 0.627. The molecule has 1 amide bonds. The summed E-state index contributed by atoms with van der Waals surface area (Å²) in [5, 5.41) is 0. The average Bonchev–Trinajstić information content (AvgIpc) is 2.84.